The molecule has 1 aromatic rings. The van der Waals surface area contributed by atoms with Crippen LogP contribution in [0.15, 0.2) is 18.5 Å². The molecule has 0 spiro atoms. The van der Waals surface area contributed by atoms with E-state index >= 15 is 0 Å². The van der Waals surface area contributed by atoms with Gasteiger partial charge in [-0.2, -0.15) is 0 Å². The van der Waals surface area contributed by atoms with E-state index in [1.807, 2.05) is 0 Å². The van der Waals surface area contributed by atoms with Crippen molar-refractivity contribution in [1.82, 2.24) is 9.88 Å². The van der Waals surface area contributed by atoms with E-state index in [4.69, 9.17) is 4.74 Å². The third-order valence-corrected chi connectivity index (χ3v) is 3.60. The number of aromatic nitrogens is 1. The van der Waals surface area contributed by atoms with Gasteiger partial charge in [-0.3, -0.25) is 0 Å². The minimum atomic E-state index is 0.182. The van der Waals surface area contributed by atoms with Gasteiger partial charge in [-0.15, -0.1) is 0 Å². The molecule has 3 heteroatoms. The molecular formula is C16H28N2O. The predicted molar refractivity (Wildman–Crippen MR) is 79.2 cm³/mol. The maximum Gasteiger partial charge on any atom is 0.0576 e. The average molecular weight is 264 g/mol. The molecule has 0 radical (unpaired) electrons. The molecule has 1 unspecified atom stereocenters. The van der Waals surface area contributed by atoms with E-state index in [0.717, 1.165) is 19.7 Å². The van der Waals surface area contributed by atoms with Crippen molar-refractivity contribution in [3.05, 3.63) is 24.0 Å². The first kappa shape index (κ1) is 14.6. The molecular weight excluding hydrogens is 236 g/mol. The molecule has 1 aliphatic rings. The zero-order chi connectivity index (χ0) is 13.7. The lowest BCUT2D eigenvalue weighted by molar-refractivity contribution is 0.101. The number of rotatable bonds is 6. The number of nitrogens with zero attached hydrogens (tertiary/aromatic N) is 1. The Kier molecular flexibility index (Phi) is 5.06. The zero-order valence-electron chi connectivity index (χ0n) is 12.6. The molecule has 108 valence electrons. The molecule has 2 heterocycles. The summed E-state index contributed by atoms with van der Waals surface area (Å²) in [4.78, 5) is 0. The average Bonchev–Trinajstić information content (AvgIpc) is 2.97. The van der Waals surface area contributed by atoms with Crippen molar-refractivity contribution < 1.29 is 4.74 Å². The highest BCUT2D eigenvalue weighted by atomic mass is 16.5. The van der Waals surface area contributed by atoms with Gasteiger partial charge >= 0.3 is 0 Å². The fraction of sp³-hybridized carbons (Fsp3) is 0.750. The van der Waals surface area contributed by atoms with Crippen LogP contribution in [-0.4, -0.2) is 22.8 Å². The van der Waals surface area contributed by atoms with Gasteiger partial charge in [0.1, 0.15) is 0 Å². The molecule has 0 aromatic carbocycles. The Morgan fingerprint density at radius 3 is 2.95 bits per heavy atom. The van der Waals surface area contributed by atoms with E-state index in [0.29, 0.717) is 6.10 Å². The molecule has 2 rings (SSSR count). The van der Waals surface area contributed by atoms with Crippen LogP contribution in [-0.2, 0) is 17.8 Å². The molecule has 0 bridgehead atoms. The summed E-state index contributed by atoms with van der Waals surface area (Å²) in [6.45, 7) is 9.62. The van der Waals surface area contributed by atoms with Crippen molar-refractivity contribution in [1.29, 1.82) is 0 Å². The van der Waals surface area contributed by atoms with Crippen LogP contribution >= 0.6 is 0 Å². The van der Waals surface area contributed by atoms with Crippen LogP contribution in [0.5, 0.6) is 0 Å². The predicted octanol–water partition coefficient (Wildman–Crippen LogP) is 3.34. The monoisotopic (exact) mass is 264 g/mol. The minimum Gasteiger partial charge on any atom is -0.378 e. The first-order valence-corrected chi connectivity index (χ1v) is 7.54. The van der Waals surface area contributed by atoms with Crippen LogP contribution in [0.25, 0.3) is 0 Å². The second-order valence-corrected chi connectivity index (χ2v) is 6.64. The van der Waals surface area contributed by atoms with Gasteiger partial charge in [0.25, 0.3) is 0 Å². The van der Waals surface area contributed by atoms with E-state index in [1.54, 1.807) is 0 Å². The molecule has 3 nitrogen and oxygen atoms in total. The quantitative estimate of drug-likeness (QED) is 0.853. The van der Waals surface area contributed by atoms with E-state index in [1.165, 1.54) is 31.2 Å². The third-order valence-electron chi connectivity index (χ3n) is 3.60. The number of hydrogen-bond acceptors (Lipinski definition) is 2. The Hall–Kier alpha value is -0.800. The SMILES string of the molecule is CC(C)(C)NCc1ccn(CCCC2CCCO2)c1. The lowest BCUT2D eigenvalue weighted by Crippen LogP contribution is -2.34. The Morgan fingerprint density at radius 1 is 1.42 bits per heavy atom. The van der Waals surface area contributed by atoms with Crippen LogP contribution in [0.3, 0.4) is 0 Å². The van der Waals surface area contributed by atoms with Crippen LogP contribution < -0.4 is 5.32 Å². The van der Waals surface area contributed by atoms with Crippen LogP contribution in [0.2, 0.25) is 0 Å². The number of hydrogen-bond donors (Lipinski definition) is 1. The summed E-state index contributed by atoms with van der Waals surface area (Å²) < 4.78 is 7.95. The standard InChI is InChI=1S/C16H28N2O/c1-16(2,3)17-12-14-8-10-18(13-14)9-4-6-15-7-5-11-19-15/h8,10,13,15,17H,4-7,9,11-12H2,1-3H3. The largest absolute Gasteiger partial charge is 0.378 e. The van der Waals surface area contributed by atoms with Gasteiger partial charge in [0.15, 0.2) is 0 Å². The van der Waals surface area contributed by atoms with E-state index in [9.17, 15) is 0 Å². The summed E-state index contributed by atoms with van der Waals surface area (Å²) in [5.74, 6) is 0. The molecule has 1 atom stereocenters. The number of ether oxygens (including phenoxy) is 1. The molecule has 1 aliphatic heterocycles. The molecule has 0 amide bonds. The van der Waals surface area contributed by atoms with E-state index < -0.39 is 0 Å². The van der Waals surface area contributed by atoms with Crippen molar-refractivity contribution in [2.45, 2.75) is 71.2 Å². The van der Waals surface area contributed by atoms with Gasteiger partial charge < -0.3 is 14.6 Å². The molecule has 1 N–H and O–H groups in total. The summed E-state index contributed by atoms with van der Waals surface area (Å²) in [6, 6.07) is 2.21. The minimum absolute atomic E-state index is 0.182. The Balaban J connectivity index is 1.68. The lowest BCUT2D eigenvalue weighted by Gasteiger charge is -2.19. The van der Waals surface area contributed by atoms with Crippen molar-refractivity contribution in [3.8, 4) is 0 Å². The summed E-state index contributed by atoms with van der Waals surface area (Å²) >= 11 is 0. The van der Waals surface area contributed by atoms with Crippen LogP contribution in [0, 0.1) is 0 Å². The van der Waals surface area contributed by atoms with Gasteiger partial charge in [-0.1, -0.05) is 0 Å². The number of nitrogens with one attached hydrogen (secondary N) is 1. The maximum absolute atomic E-state index is 5.65. The van der Waals surface area contributed by atoms with Gasteiger partial charge in [0.2, 0.25) is 0 Å². The second-order valence-electron chi connectivity index (χ2n) is 6.64. The molecule has 0 saturated carbocycles. The lowest BCUT2D eigenvalue weighted by atomic mass is 10.1. The maximum atomic E-state index is 5.65. The molecule has 19 heavy (non-hydrogen) atoms. The van der Waals surface area contributed by atoms with Crippen LogP contribution in [0.1, 0.15) is 52.0 Å². The molecule has 1 saturated heterocycles. The third kappa shape index (κ3) is 5.37. The molecule has 1 fully saturated rings. The highest BCUT2D eigenvalue weighted by Crippen LogP contribution is 2.17. The van der Waals surface area contributed by atoms with Gasteiger partial charge in [0, 0.05) is 37.6 Å². The molecule has 1 aromatic heterocycles. The highest BCUT2D eigenvalue weighted by Gasteiger charge is 2.14. The van der Waals surface area contributed by atoms with Gasteiger partial charge in [-0.05, 0) is 58.1 Å². The van der Waals surface area contributed by atoms with E-state index in [-0.39, 0.29) is 5.54 Å². The van der Waals surface area contributed by atoms with Crippen molar-refractivity contribution in [2.24, 2.45) is 0 Å². The highest BCUT2D eigenvalue weighted by molar-refractivity contribution is 5.10. The Morgan fingerprint density at radius 2 is 2.26 bits per heavy atom. The Labute approximate surface area is 117 Å². The van der Waals surface area contributed by atoms with Crippen molar-refractivity contribution in [3.63, 3.8) is 0 Å². The smallest absolute Gasteiger partial charge is 0.0576 e. The first-order chi connectivity index (χ1) is 9.03. The summed E-state index contributed by atoms with van der Waals surface area (Å²) in [5.41, 5.74) is 1.55. The van der Waals surface area contributed by atoms with E-state index in [2.05, 4.69) is 49.1 Å². The normalized spacial score (nSPS) is 20.1. The fourth-order valence-electron chi connectivity index (χ4n) is 2.47. The van der Waals surface area contributed by atoms with Gasteiger partial charge in [0.05, 0.1) is 6.10 Å². The zero-order valence-corrected chi connectivity index (χ0v) is 12.6. The summed E-state index contributed by atoms with van der Waals surface area (Å²) in [6.07, 6.45) is 9.89. The van der Waals surface area contributed by atoms with Gasteiger partial charge in [-0.25, -0.2) is 0 Å². The summed E-state index contributed by atoms with van der Waals surface area (Å²) in [5, 5.41) is 3.52. The summed E-state index contributed by atoms with van der Waals surface area (Å²) in [7, 11) is 0. The second kappa shape index (κ2) is 6.58. The molecule has 0 aliphatic carbocycles. The number of aryl methyl sites for hydroxylation is 1. The Bertz CT molecular complexity index is 372. The first-order valence-electron chi connectivity index (χ1n) is 7.54. The fourth-order valence-corrected chi connectivity index (χ4v) is 2.47. The van der Waals surface area contributed by atoms with Crippen molar-refractivity contribution >= 4 is 0 Å². The topological polar surface area (TPSA) is 26.2 Å². The van der Waals surface area contributed by atoms with Crippen LogP contribution in [0.4, 0.5) is 0 Å². The van der Waals surface area contributed by atoms with Crippen molar-refractivity contribution in [2.75, 3.05) is 6.61 Å².